The zero-order valence-corrected chi connectivity index (χ0v) is 13.9. The molecule has 21 heavy (non-hydrogen) atoms. The highest BCUT2D eigenvalue weighted by Crippen LogP contribution is 2.29. The van der Waals surface area contributed by atoms with Gasteiger partial charge in [-0.15, -0.1) is 0 Å². The molecule has 0 saturated heterocycles. The summed E-state index contributed by atoms with van der Waals surface area (Å²) in [5.74, 6) is 0. The summed E-state index contributed by atoms with van der Waals surface area (Å²) in [6, 6.07) is 4.20. The van der Waals surface area contributed by atoms with Crippen LogP contribution in [0.25, 0.3) is 0 Å². The van der Waals surface area contributed by atoms with E-state index in [4.69, 9.17) is 11.6 Å². The molecule has 0 amide bonds. The van der Waals surface area contributed by atoms with Crippen molar-refractivity contribution in [2.45, 2.75) is 46.7 Å². The number of nitrogens with one attached hydrogen (secondary N) is 1. The van der Waals surface area contributed by atoms with Crippen molar-refractivity contribution in [3.05, 3.63) is 46.0 Å². The molecule has 1 unspecified atom stereocenters. The predicted molar refractivity (Wildman–Crippen MR) is 86.8 cm³/mol. The van der Waals surface area contributed by atoms with Crippen LogP contribution in [0, 0.1) is 13.8 Å². The summed E-state index contributed by atoms with van der Waals surface area (Å²) < 4.78 is 1.95. The first kappa shape index (κ1) is 16.0. The Bertz CT molecular complexity index is 606. The quantitative estimate of drug-likeness (QED) is 0.885. The topological polar surface area (TPSA) is 42.7 Å². The first-order valence-electron chi connectivity index (χ1n) is 7.47. The molecule has 1 atom stereocenters. The third-order valence-corrected chi connectivity index (χ3v) is 3.87. The Labute approximate surface area is 131 Å². The van der Waals surface area contributed by atoms with E-state index >= 15 is 0 Å². The third-order valence-electron chi connectivity index (χ3n) is 3.58. The lowest BCUT2D eigenvalue weighted by Crippen LogP contribution is -2.27. The highest BCUT2D eigenvalue weighted by molar-refractivity contribution is 6.31. The molecular formula is C16H23ClN4. The zero-order chi connectivity index (χ0) is 15.4. The molecule has 0 aromatic carbocycles. The van der Waals surface area contributed by atoms with Gasteiger partial charge in [0, 0.05) is 17.9 Å². The SMILES string of the molecule is CCCNC(c1ccc(C)nc1C)c1c(Cl)cnn1CC. The van der Waals surface area contributed by atoms with E-state index in [1.165, 1.54) is 0 Å². The van der Waals surface area contributed by atoms with Crippen molar-refractivity contribution in [3.8, 4) is 0 Å². The molecule has 0 saturated carbocycles. The Morgan fingerprint density at radius 1 is 1.29 bits per heavy atom. The fourth-order valence-electron chi connectivity index (χ4n) is 2.56. The molecule has 5 heteroatoms. The highest BCUT2D eigenvalue weighted by Gasteiger charge is 2.23. The van der Waals surface area contributed by atoms with Gasteiger partial charge in [0.15, 0.2) is 0 Å². The maximum Gasteiger partial charge on any atom is 0.0837 e. The number of aryl methyl sites for hydroxylation is 3. The molecule has 0 aliphatic rings. The molecule has 1 N–H and O–H groups in total. The molecule has 114 valence electrons. The molecule has 0 bridgehead atoms. The number of nitrogens with zero attached hydrogens (tertiary/aromatic N) is 3. The van der Waals surface area contributed by atoms with Crippen molar-refractivity contribution in [1.82, 2.24) is 20.1 Å². The molecule has 0 radical (unpaired) electrons. The normalized spacial score (nSPS) is 12.6. The standard InChI is InChI=1S/C16H23ClN4/c1-5-9-18-15(13-8-7-11(3)20-12(13)4)16-14(17)10-19-21(16)6-2/h7-8,10,15,18H,5-6,9H2,1-4H3. The molecule has 0 spiro atoms. The van der Waals surface area contributed by atoms with Crippen LogP contribution >= 0.6 is 11.6 Å². The van der Waals surface area contributed by atoms with Crippen LogP contribution in [0.15, 0.2) is 18.3 Å². The van der Waals surface area contributed by atoms with Gasteiger partial charge in [-0.3, -0.25) is 9.67 Å². The van der Waals surface area contributed by atoms with Gasteiger partial charge in [0.2, 0.25) is 0 Å². The van der Waals surface area contributed by atoms with Crippen LogP contribution < -0.4 is 5.32 Å². The van der Waals surface area contributed by atoms with E-state index in [1.54, 1.807) is 6.20 Å². The number of halogens is 1. The van der Waals surface area contributed by atoms with E-state index in [1.807, 2.05) is 24.6 Å². The number of aromatic nitrogens is 3. The third kappa shape index (κ3) is 3.44. The van der Waals surface area contributed by atoms with E-state index in [0.29, 0.717) is 5.02 Å². The van der Waals surface area contributed by atoms with Gasteiger partial charge >= 0.3 is 0 Å². The highest BCUT2D eigenvalue weighted by atomic mass is 35.5. The molecule has 2 aromatic heterocycles. The average Bonchev–Trinajstić information content (AvgIpc) is 2.82. The van der Waals surface area contributed by atoms with E-state index in [-0.39, 0.29) is 6.04 Å². The van der Waals surface area contributed by atoms with Gasteiger partial charge < -0.3 is 5.32 Å². The van der Waals surface area contributed by atoms with Crippen molar-refractivity contribution >= 4 is 11.6 Å². The smallest absolute Gasteiger partial charge is 0.0837 e. The molecule has 0 aliphatic carbocycles. The van der Waals surface area contributed by atoms with Gasteiger partial charge in [0.1, 0.15) is 0 Å². The lowest BCUT2D eigenvalue weighted by Gasteiger charge is -2.22. The minimum atomic E-state index is 0.0213. The molecule has 0 fully saturated rings. The second-order valence-corrected chi connectivity index (χ2v) is 5.62. The Hall–Kier alpha value is -1.39. The first-order chi connectivity index (χ1) is 10.1. The number of rotatable bonds is 6. The van der Waals surface area contributed by atoms with Crippen LogP contribution in [0.1, 0.15) is 49.0 Å². The van der Waals surface area contributed by atoms with Crippen LogP contribution in [0.2, 0.25) is 5.02 Å². The van der Waals surface area contributed by atoms with Crippen LogP contribution in [0.3, 0.4) is 0 Å². The summed E-state index contributed by atoms with van der Waals surface area (Å²) in [6.07, 6.45) is 2.78. The molecular weight excluding hydrogens is 284 g/mol. The minimum Gasteiger partial charge on any atom is -0.305 e. The summed E-state index contributed by atoms with van der Waals surface area (Å²) in [4.78, 5) is 4.58. The summed E-state index contributed by atoms with van der Waals surface area (Å²) >= 11 is 6.39. The largest absolute Gasteiger partial charge is 0.305 e. The molecule has 2 heterocycles. The Morgan fingerprint density at radius 3 is 2.67 bits per heavy atom. The fraction of sp³-hybridized carbons (Fsp3) is 0.500. The zero-order valence-electron chi connectivity index (χ0n) is 13.2. The Morgan fingerprint density at radius 2 is 2.05 bits per heavy atom. The molecule has 0 aliphatic heterocycles. The lowest BCUT2D eigenvalue weighted by molar-refractivity contribution is 0.527. The summed E-state index contributed by atoms with van der Waals surface area (Å²) in [7, 11) is 0. The van der Waals surface area contributed by atoms with Gasteiger partial charge in [-0.25, -0.2) is 0 Å². The van der Waals surface area contributed by atoms with E-state index in [9.17, 15) is 0 Å². The van der Waals surface area contributed by atoms with Crippen molar-refractivity contribution in [3.63, 3.8) is 0 Å². The Balaban J connectivity index is 2.49. The van der Waals surface area contributed by atoms with Crippen molar-refractivity contribution in [2.75, 3.05) is 6.54 Å². The summed E-state index contributed by atoms with van der Waals surface area (Å²) in [6.45, 7) is 10.00. The number of hydrogen-bond donors (Lipinski definition) is 1. The summed E-state index contributed by atoms with van der Waals surface area (Å²) in [5, 5.41) is 8.64. The van der Waals surface area contributed by atoms with Crippen LogP contribution in [-0.2, 0) is 6.54 Å². The van der Waals surface area contributed by atoms with Gasteiger partial charge in [-0.2, -0.15) is 5.10 Å². The van der Waals surface area contributed by atoms with E-state index in [0.717, 1.165) is 42.2 Å². The second kappa shape index (κ2) is 7.05. The van der Waals surface area contributed by atoms with Crippen molar-refractivity contribution in [1.29, 1.82) is 0 Å². The van der Waals surface area contributed by atoms with Crippen molar-refractivity contribution < 1.29 is 0 Å². The van der Waals surface area contributed by atoms with Crippen LogP contribution in [-0.4, -0.2) is 21.3 Å². The molecule has 2 aromatic rings. The van der Waals surface area contributed by atoms with Gasteiger partial charge in [-0.05, 0) is 45.4 Å². The van der Waals surface area contributed by atoms with Crippen LogP contribution in [0.5, 0.6) is 0 Å². The van der Waals surface area contributed by atoms with E-state index < -0.39 is 0 Å². The number of hydrogen-bond acceptors (Lipinski definition) is 3. The van der Waals surface area contributed by atoms with Crippen LogP contribution in [0.4, 0.5) is 0 Å². The molecule has 4 nitrogen and oxygen atoms in total. The van der Waals surface area contributed by atoms with Gasteiger partial charge in [-0.1, -0.05) is 24.6 Å². The van der Waals surface area contributed by atoms with Gasteiger partial charge in [0.25, 0.3) is 0 Å². The average molecular weight is 307 g/mol. The van der Waals surface area contributed by atoms with E-state index in [2.05, 4.69) is 35.3 Å². The van der Waals surface area contributed by atoms with Gasteiger partial charge in [0.05, 0.1) is 23.0 Å². The predicted octanol–water partition coefficient (Wildman–Crippen LogP) is 3.66. The first-order valence-corrected chi connectivity index (χ1v) is 7.85. The number of pyridine rings is 1. The summed E-state index contributed by atoms with van der Waals surface area (Å²) in [5.41, 5.74) is 4.23. The second-order valence-electron chi connectivity index (χ2n) is 5.21. The molecule has 2 rings (SSSR count). The van der Waals surface area contributed by atoms with Crippen molar-refractivity contribution in [2.24, 2.45) is 0 Å². The lowest BCUT2D eigenvalue weighted by atomic mass is 10.0. The fourth-order valence-corrected chi connectivity index (χ4v) is 2.81. The Kier molecular flexibility index (Phi) is 5.37. The minimum absolute atomic E-state index is 0.0213. The maximum atomic E-state index is 6.39. The monoisotopic (exact) mass is 306 g/mol. The maximum absolute atomic E-state index is 6.39.